The third kappa shape index (κ3) is 8.52. The van der Waals surface area contributed by atoms with E-state index in [0.29, 0.717) is 31.2 Å². The molecule has 1 unspecified atom stereocenters. The molecule has 0 aliphatic rings. The molecule has 1 aromatic rings. The third-order valence-corrected chi connectivity index (χ3v) is 4.27. The maximum Gasteiger partial charge on any atom is 0.313 e. The lowest BCUT2D eigenvalue weighted by Gasteiger charge is -2.23. The van der Waals surface area contributed by atoms with Crippen molar-refractivity contribution in [1.82, 2.24) is 15.1 Å². The Balaban J connectivity index is 2.74. The minimum atomic E-state index is -0.691. The molecular weight excluding hydrogens is 356 g/mol. The molecule has 7 heteroatoms. The van der Waals surface area contributed by atoms with Crippen LogP contribution in [0.1, 0.15) is 39.7 Å². The van der Waals surface area contributed by atoms with E-state index in [1.54, 1.807) is 23.1 Å². The topological polar surface area (TPSA) is 81.8 Å². The van der Waals surface area contributed by atoms with Gasteiger partial charge in [0.05, 0.1) is 0 Å². The summed E-state index contributed by atoms with van der Waals surface area (Å²) in [5.74, 6) is -0.929. The summed E-state index contributed by atoms with van der Waals surface area (Å²) in [5, 5.41) is 5.47. The monoisotopic (exact) mass is 390 g/mol. The van der Waals surface area contributed by atoms with Crippen molar-refractivity contribution in [2.24, 2.45) is 5.92 Å². The van der Waals surface area contributed by atoms with Gasteiger partial charge >= 0.3 is 11.8 Å². The van der Waals surface area contributed by atoms with Gasteiger partial charge in [0.1, 0.15) is 0 Å². The Hall–Kier alpha value is -2.41. The number of hydrogen-bond acceptors (Lipinski definition) is 4. The molecule has 1 aromatic carbocycles. The first-order valence-electron chi connectivity index (χ1n) is 9.73. The molecular formula is C21H34N4O3. The smallest absolute Gasteiger partial charge is 0.313 e. The van der Waals surface area contributed by atoms with E-state index in [2.05, 4.69) is 24.5 Å². The van der Waals surface area contributed by atoms with Crippen molar-refractivity contribution in [1.29, 1.82) is 0 Å². The Morgan fingerprint density at radius 1 is 1.11 bits per heavy atom. The van der Waals surface area contributed by atoms with Crippen LogP contribution >= 0.6 is 0 Å². The molecule has 0 aliphatic carbocycles. The Bertz CT molecular complexity index is 663. The number of likely N-dealkylation sites (N-methyl/N-ethyl adjacent to an activating group) is 1. The van der Waals surface area contributed by atoms with Gasteiger partial charge in [-0.05, 0) is 51.1 Å². The molecule has 28 heavy (non-hydrogen) atoms. The van der Waals surface area contributed by atoms with Gasteiger partial charge in [0.2, 0.25) is 5.91 Å². The number of hydrogen-bond donors (Lipinski definition) is 2. The first kappa shape index (κ1) is 23.6. The number of rotatable bonds is 9. The van der Waals surface area contributed by atoms with Crippen LogP contribution in [-0.4, -0.2) is 60.7 Å². The van der Waals surface area contributed by atoms with Crippen molar-refractivity contribution in [2.75, 3.05) is 32.5 Å². The highest BCUT2D eigenvalue weighted by molar-refractivity contribution is 6.39. The molecule has 0 bridgehead atoms. The van der Waals surface area contributed by atoms with Crippen LogP contribution in [0.2, 0.25) is 0 Å². The van der Waals surface area contributed by atoms with E-state index >= 15 is 0 Å². The van der Waals surface area contributed by atoms with E-state index in [1.165, 1.54) is 6.92 Å². The average Bonchev–Trinajstić information content (AvgIpc) is 2.58. The van der Waals surface area contributed by atoms with Gasteiger partial charge in [0.15, 0.2) is 0 Å². The summed E-state index contributed by atoms with van der Waals surface area (Å²) in [5.41, 5.74) is 1.42. The third-order valence-electron chi connectivity index (χ3n) is 4.27. The molecule has 0 heterocycles. The summed E-state index contributed by atoms with van der Waals surface area (Å²) >= 11 is 0. The normalized spacial score (nSPS) is 12.0. The summed E-state index contributed by atoms with van der Waals surface area (Å²) in [6, 6.07) is 7.10. The van der Waals surface area contributed by atoms with E-state index in [0.717, 1.165) is 12.0 Å². The van der Waals surface area contributed by atoms with Gasteiger partial charge in [-0.25, -0.2) is 0 Å². The second kappa shape index (κ2) is 11.4. The second-order valence-electron chi connectivity index (χ2n) is 7.75. The van der Waals surface area contributed by atoms with Crippen molar-refractivity contribution < 1.29 is 14.4 Å². The molecule has 1 atom stereocenters. The van der Waals surface area contributed by atoms with Gasteiger partial charge in [-0.1, -0.05) is 26.0 Å². The molecule has 0 radical (unpaired) electrons. The lowest BCUT2D eigenvalue weighted by atomic mass is 10.0. The molecule has 0 fully saturated rings. The van der Waals surface area contributed by atoms with Gasteiger partial charge in [0, 0.05) is 38.3 Å². The molecule has 156 valence electrons. The van der Waals surface area contributed by atoms with Gasteiger partial charge in [-0.2, -0.15) is 0 Å². The van der Waals surface area contributed by atoms with Gasteiger partial charge in [-0.3, -0.25) is 14.4 Å². The molecule has 2 N–H and O–H groups in total. The molecule has 7 nitrogen and oxygen atoms in total. The van der Waals surface area contributed by atoms with Crippen LogP contribution in [0.5, 0.6) is 0 Å². The standard InChI is InChI=1S/C21H34N4O3/c1-7-25(16(4)26)13-17-9-8-10-18(12-17)22-20(27)21(28)23-19(11-15(2)3)14-24(5)6/h8-10,12,15,19H,7,11,13-14H2,1-6H3,(H,22,27)(H,23,28). The molecule has 1 rings (SSSR count). The predicted molar refractivity (Wildman–Crippen MR) is 112 cm³/mol. The summed E-state index contributed by atoms with van der Waals surface area (Å²) in [6.45, 7) is 9.35. The Labute approximate surface area is 168 Å². The van der Waals surface area contributed by atoms with E-state index in [4.69, 9.17) is 0 Å². The highest BCUT2D eigenvalue weighted by Crippen LogP contribution is 2.13. The molecule has 0 aliphatic heterocycles. The number of carbonyl (C=O) groups excluding carboxylic acids is 3. The summed E-state index contributed by atoms with van der Waals surface area (Å²) < 4.78 is 0. The zero-order chi connectivity index (χ0) is 21.3. The van der Waals surface area contributed by atoms with Crippen LogP contribution < -0.4 is 10.6 Å². The van der Waals surface area contributed by atoms with Crippen LogP contribution in [-0.2, 0) is 20.9 Å². The Kier molecular flexibility index (Phi) is 9.65. The van der Waals surface area contributed by atoms with Crippen LogP contribution in [0, 0.1) is 5.92 Å². The van der Waals surface area contributed by atoms with Crippen LogP contribution in [0.15, 0.2) is 24.3 Å². The zero-order valence-electron chi connectivity index (χ0n) is 17.9. The highest BCUT2D eigenvalue weighted by Gasteiger charge is 2.20. The van der Waals surface area contributed by atoms with E-state index in [1.807, 2.05) is 32.0 Å². The molecule has 0 aromatic heterocycles. The molecule has 3 amide bonds. The number of amides is 3. The van der Waals surface area contributed by atoms with Crippen molar-refractivity contribution >= 4 is 23.4 Å². The maximum absolute atomic E-state index is 12.3. The van der Waals surface area contributed by atoms with Crippen LogP contribution in [0.25, 0.3) is 0 Å². The number of nitrogens with one attached hydrogen (secondary N) is 2. The fraction of sp³-hybridized carbons (Fsp3) is 0.571. The first-order valence-corrected chi connectivity index (χ1v) is 9.73. The van der Waals surface area contributed by atoms with Crippen molar-refractivity contribution in [2.45, 2.75) is 46.7 Å². The number of carbonyl (C=O) groups is 3. The summed E-state index contributed by atoms with van der Waals surface area (Å²) in [7, 11) is 3.87. The lowest BCUT2D eigenvalue weighted by molar-refractivity contribution is -0.136. The van der Waals surface area contributed by atoms with E-state index < -0.39 is 11.8 Å². The Morgan fingerprint density at radius 2 is 1.79 bits per heavy atom. The quantitative estimate of drug-likeness (QED) is 0.633. The minimum absolute atomic E-state index is 0.00611. The molecule has 0 saturated carbocycles. The van der Waals surface area contributed by atoms with Crippen LogP contribution in [0.4, 0.5) is 5.69 Å². The van der Waals surface area contributed by atoms with Gasteiger partial charge in [0.25, 0.3) is 0 Å². The minimum Gasteiger partial charge on any atom is -0.344 e. The maximum atomic E-state index is 12.3. The van der Waals surface area contributed by atoms with Crippen molar-refractivity contribution in [3.05, 3.63) is 29.8 Å². The summed E-state index contributed by atoms with van der Waals surface area (Å²) in [4.78, 5) is 39.9. The fourth-order valence-corrected chi connectivity index (χ4v) is 3.04. The number of nitrogens with zero attached hydrogens (tertiary/aromatic N) is 2. The van der Waals surface area contributed by atoms with E-state index in [9.17, 15) is 14.4 Å². The zero-order valence-corrected chi connectivity index (χ0v) is 17.9. The SMILES string of the molecule is CCN(Cc1cccc(NC(=O)C(=O)NC(CC(C)C)CN(C)C)c1)C(C)=O. The van der Waals surface area contributed by atoms with E-state index in [-0.39, 0.29) is 11.9 Å². The molecule has 0 saturated heterocycles. The average molecular weight is 391 g/mol. The number of benzene rings is 1. The lowest BCUT2D eigenvalue weighted by Crippen LogP contribution is -2.46. The second-order valence-corrected chi connectivity index (χ2v) is 7.75. The van der Waals surface area contributed by atoms with Crippen LogP contribution in [0.3, 0.4) is 0 Å². The Morgan fingerprint density at radius 3 is 2.32 bits per heavy atom. The largest absolute Gasteiger partial charge is 0.344 e. The van der Waals surface area contributed by atoms with Crippen molar-refractivity contribution in [3.8, 4) is 0 Å². The predicted octanol–water partition coefficient (Wildman–Crippen LogP) is 2.09. The highest BCUT2D eigenvalue weighted by atomic mass is 16.2. The van der Waals surface area contributed by atoms with Gasteiger partial charge in [-0.15, -0.1) is 0 Å². The molecule has 0 spiro atoms. The van der Waals surface area contributed by atoms with Gasteiger partial charge < -0.3 is 20.4 Å². The summed E-state index contributed by atoms with van der Waals surface area (Å²) in [6.07, 6.45) is 0.796. The number of anilines is 1. The first-order chi connectivity index (χ1) is 13.1. The fourth-order valence-electron chi connectivity index (χ4n) is 3.04. The van der Waals surface area contributed by atoms with Crippen molar-refractivity contribution in [3.63, 3.8) is 0 Å².